The van der Waals surface area contributed by atoms with Crippen LogP contribution in [-0.2, 0) is 9.53 Å². The minimum absolute atomic E-state index is 0.0462. The molecule has 0 aromatic carbocycles. The maximum absolute atomic E-state index is 11.4. The van der Waals surface area contributed by atoms with E-state index in [1.165, 1.54) is 7.11 Å². The van der Waals surface area contributed by atoms with Crippen LogP contribution in [0.25, 0.3) is 0 Å². The van der Waals surface area contributed by atoms with Gasteiger partial charge in [-0.1, -0.05) is 33.6 Å². The summed E-state index contributed by atoms with van der Waals surface area (Å²) in [5.74, 6) is 0.400. The normalized spacial score (nSPS) is 18.3. The number of rotatable bonds is 4. The Morgan fingerprint density at radius 3 is 2.50 bits per heavy atom. The maximum atomic E-state index is 11.4. The minimum atomic E-state index is -0.204. The zero-order valence-electron chi connectivity index (χ0n) is 8.81. The predicted octanol–water partition coefficient (Wildman–Crippen LogP) is 1.14. The molecule has 2 nitrogen and oxygen atoms in total. The van der Waals surface area contributed by atoms with Crippen molar-refractivity contribution in [2.24, 2.45) is 5.92 Å². The standard InChI is InChI=1S/C9H20O2Si/c1-5-6-7(2)9(3,12)8(10)11-4/h7H,5-6H2,1-4,12H3. The predicted molar refractivity (Wildman–Crippen MR) is 54.4 cm³/mol. The summed E-state index contributed by atoms with van der Waals surface area (Å²) in [5.41, 5.74) is 0. The number of hydrogen-bond acceptors (Lipinski definition) is 2. The second-order valence-electron chi connectivity index (χ2n) is 3.90. The highest BCUT2D eigenvalue weighted by atomic mass is 28.1. The van der Waals surface area contributed by atoms with Crippen molar-refractivity contribution in [2.45, 2.75) is 38.7 Å². The molecule has 0 saturated carbocycles. The third kappa shape index (κ3) is 2.63. The molecule has 0 aromatic heterocycles. The molecule has 0 rings (SSSR count). The zero-order valence-corrected chi connectivity index (χ0v) is 10.8. The number of carbonyl (C=O) groups excluding carboxylic acids is 1. The number of esters is 1. The number of hydrogen-bond donors (Lipinski definition) is 0. The molecule has 0 aliphatic carbocycles. The molecule has 0 saturated heterocycles. The molecule has 72 valence electrons. The highest BCUT2D eigenvalue weighted by Crippen LogP contribution is 2.35. The molecular formula is C9H20O2Si. The minimum Gasteiger partial charge on any atom is -0.469 e. The van der Waals surface area contributed by atoms with Crippen molar-refractivity contribution in [3.05, 3.63) is 0 Å². The Labute approximate surface area is 78.1 Å². The number of methoxy groups -OCH3 is 1. The van der Waals surface area contributed by atoms with Gasteiger partial charge in [-0.2, -0.15) is 0 Å². The molecule has 0 radical (unpaired) electrons. The number of carbonyl (C=O) groups is 1. The lowest BCUT2D eigenvalue weighted by Gasteiger charge is -2.28. The molecule has 0 heterocycles. The van der Waals surface area contributed by atoms with Crippen molar-refractivity contribution in [3.63, 3.8) is 0 Å². The Morgan fingerprint density at radius 1 is 1.67 bits per heavy atom. The molecule has 2 unspecified atom stereocenters. The molecule has 0 bridgehead atoms. The van der Waals surface area contributed by atoms with Crippen molar-refractivity contribution in [1.82, 2.24) is 0 Å². The third-order valence-corrected chi connectivity index (χ3v) is 4.06. The molecule has 12 heavy (non-hydrogen) atoms. The average Bonchev–Trinajstić information content (AvgIpc) is 2.03. The van der Waals surface area contributed by atoms with Crippen LogP contribution in [0.1, 0.15) is 33.6 Å². The molecule has 0 fully saturated rings. The molecule has 3 heteroatoms. The van der Waals surface area contributed by atoms with E-state index in [1.807, 2.05) is 6.92 Å². The van der Waals surface area contributed by atoms with Crippen molar-refractivity contribution < 1.29 is 9.53 Å². The van der Waals surface area contributed by atoms with Gasteiger partial charge in [-0.05, 0) is 5.92 Å². The van der Waals surface area contributed by atoms with Gasteiger partial charge in [-0.25, -0.2) is 0 Å². The average molecular weight is 188 g/mol. The largest absolute Gasteiger partial charge is 0.469 e. The second kappa shape index (κ2) is 4.65. The molecular weight excluding hydrogens is 168 g/mol. The van der Waals surface area contributed by atoms with Gasteiger partial charge in [-0.15, -0.1) is 0 Å². The smallest absolute Gasteiger partial charge is 0.307 e. The van der Waals surface area contributed by atoms with Gasteiger partial charge in [0, 0.05) is 10.2 Å². The summed E-state index contributed by atoms with van der Waals surface area (Å²) in [4.78, 5) is 11.4. The Hall–Kier alpha value is -0.313. The summed E-state index contributed by atoms with van der Waals surface area (Å²) < 4.78 is 4.78. The maximum Gasteiger partial charge on any atom is 0.307 e. The highest BCUT2D eigenvalue weighted by Gasteiger charge is 2.33. The Morgan fingerprint density at radius 2 is 2.17 bits per heavy atom. The zero-order chi connectivity index (χ0) is 9.78. The Bertz CT molecular complexity index is 155. The van der Waals surface area contributed by atoms with E-state index in [2.05, 4.69) is 13.8 Å². The van der Waals surface area contributed by atoms with Gasteiger partial charge in [0.2, 0.25) is 0 Å². The fourth-order valence-corrected chi connectivity index (χ4v) is 1.75. The quantitative estimate of drug-likeness (QED) is 0.488. The summed E-state index contributed by atoms with van der Waals surface area (Å²) >= 11 is 0. The van der Waals surface area contributed by atoms with E-state index >= 15 is 0 Å². The molecule has 0 aliphatic heterocycles. The van der Waals surface area contributed by atoms with E-state index in [0.717, 1.165) is 23.1 Å². The van der Waals surface area contributed by atoms with Crippen LogP contribution in [0.2, 0.25) is 5.04 Å². The molecule has 0 aliphatic rings. The summed E-state index contributed by atoms with van der Waals surface area (Å²) in [6.45, 7) is 6.28. The first-order valence-corrected chi connectivity index (χ1v) is 5.55. The van der Waals surface area contributed by atoms with Crippen molar-refractivity contribution >= 4 is 16.2 Å². The monoisotopic (exact) mass is 188 g/mol. The molecule has 0 N–H and O–H groups in total. The molecule has 0 spiro atoms. The van der Waals surface area contributed by atoms with E-state index in [1.54, 1.807) is 0 Å². The van der Waals surface area contributed by atoms with Crippen LogP contribution in [0.4, 0.5) is 0 Å². The summed E-state index contributed by atoms with van der Waals surface area (Å²) in [5, 5.41) is -0.204. The van der Waals surface area contributed by atoms with E-state index in [9.17, 15) is 4.79 Å². The second-order valence-corrected chi connectivity index (χ2v) is 5.98. The fraction of sp³-hybridized carbons (Fsp3) is 0.889. The van der Waals surface area contributed by atoms with E-state index in [4.69, 9.17) is 4.74 Å². The first-order valence-electron chi connectivity index (χ1n) is 4.55. The van der Waals surface area contributed by atoms with Crippen LogP contribution in [0.15, 0.2) is 0 Å². The van der Waals surface area contributed by atoms with Gasteiger partial charge in [-0.3, -0.25) is 4.79 Å². The Balaban J connectivity index is 4.26. The van der Waals surface area contributed by atoms with Gasteiger partial charge in [0.15, 0.2) is 0 Å². The number of ether oxygens (including phenoxy) is 1. The van der Waals surface area contributed by atoms with Gasteiger partial charge < -0.3 is 4.74 Å². The first-order chi connectivity index (χ1) is 5.46. The van der Waals surface area contributed by atoms with Gasteiger partial charge in [0.05, 0.1) is 12.1 Å². The Kier molecular flexibility index (Phi) is 4.53. The molecule has 0 aromatic rings. The lowest BCUT2D eigenvalue weighted by atomic mass is 9.90. The van der Waals surface area contributed by atoms with Crippen LogP contribution >= 0.6 is 0 Å². The summed E-state index contributed by atoms with van der Waals surface area (Å²) in [7, 11) is 2.33. The molecule has 2 atom stereocenters. The van der Waals surface area contributed by atoms with Crippen molar-refractivity contribution in [2.75, 3.05) is 7.11 Å². The van der Waals surface area contributed by atoms with E-state index < -0.39 is 0 Å². The van der Waals surface area contributed by atoms with Crippen LogP contribution in [0, 0.1) is 5.92 Å². The lowest BCUT2D eigenvalue weighted by molar-refractivity contribution is -0.145. The van der Waals surface area contributed by atoms with E-state index in [0.29, 0.717) is 5.92 Å². The first kappa shape index (κ1) is 11.7. The molecule has 0 amide bonds. The van der Waals surface area contributed by atoms with Crippen LogP contribution in [0.3, 0.4) is 0 Å². The topological polar surface area (TPSA) is 26.3 Å². The van der Waals surface area contributed by atoms with Gasteiger partial charge >= 0.3 is 5.97 Å². The van der Waals surface area contributed by atoms with Gasteiger partial charge in [0.1, 0.15) is 0 Å². The van der Waals surface area contributed by atoms with Crippen molar-refractivity contribution in [3.8, 4) is 0 Å². The third-order valence-electron chi connectivity index (χ3n) is 2.67. The van der Waals surface area contributed by atoms with Crippen LogP contribution < -0.4 is 0 Å². The SMILES string of the molecule is CCCC(C)C(C)([SiH3])C(=O)OC. The lowest BCUT2D eigenvalue weighted by Crippen LogP contribution is -2.29. The van der Waals surface area contributed by atoms with E-state index in [-0.39, 0.29) is 11.0 Å². The fourth-order valence-electron chi connectivity index (χ4n) is 1.26. The summed E-state index contributed by atoms with van der Waals surface area (Å²) in [6.07, 6.45) is 2.24. The highest BCUT2D eigenvalue weighted by molar-refractivity contribution is 6.26. The van der Waals surface area contributed by atoms with Crippen LogP contribution in [-0.4, -0.2) is 23.3 Å². The van der Waals surface area contributed by atoms with Crippen LogP contribution in [0.5, 0.6) is 0 Å². The van der Waals surface area contributed by atoms with Crippen molar-refractivity contribution in [1.29, 1.82) is 0 Å². The van der Waals surface area contributed by atoms with Gasteiger partial charge in [0.25, 0.3) is 0 Å². The summed E-state index contributed by atoms with van der Waals surface area (Å²) in [6, 6.07) is 0.